The molecule has 1 fully saturated rings. The molecule has 3 aromatic rings. The van der Waals surface area contributed by atoms with Gasteiger partial charge in [-0.05, 0) is 57.1 Å². The van der Waals surface area contributed by atoms with E-state index in [-0.39, 0.29) is 6.04 Å². The Kier molecular flexibility index (Phi) is 5.97. The van der Waals surface area contributed by atoms with Crippen LogP contribution in [0.2, 0.25) is 0 Å². The quantitative estimate of drug-likeness (QED) is 0.480. The van der Waals surface area contributed by atoms with Gasteiger partial charge in [0.15, 0.2) is 5.96 Å². The predicted molar refractivity (Wildman–Crippen MR) is 111 cm³/mol. The van der Waals surface area contributed by atoms with Crippen molar-refractivity contribution in [1.29, 1.82) is 0 Å². The first kappa shape index (κ1) is 18.6. The van der Waals surface area contributed by atoms with Gasteiger partial charge in [-0.2, -0.15) is 0 Å². The Morgan fingerprint density at radius 2 is 2.00 bits per heavy atom. The minimum atomic E-state index is 0.215. The summed E-state index contributed by atoms with van der Waals surface area (Å²) < 4.78 is 11.6. The molecule has 1 aromatic carbocycles. The molecule has 6 nitrogen and oxygen atoms in total. The van der Waals surface area contributed by atoms with Gasteiger partial charge in [-0.25, -0.2) is 4.99 Å². The lowest BCUT2D eigenvalue weighted by Gasteiger charge is -2.26. The van der Waals surface area contributed by atoms with Crippen LogP contribution in [0.5, 0.6) is 0 Å². The van der Waals surface area contributed by atoms with Crippen LogP contribution >= 0.6 is 0 Å². The molecule has 0 spiro atoms. The largest absolute Gasteiger partial charge is 0.468 e. The molecule has 0 amide bonds. The van der Waals surface area contributed by atoms with Crippen molar-refractivity contribution in [1.82, 2.24) is 15.5 Å². The number of likely N-dealkylation sites (tertiary alicyclic amines) is 1. The standard InChI is InChI=1S/C22H28N4O2/c1-2-23-22(24-15-18-14-17-8-3-4-9-20(17)28-18)25-16-19(21-10-7-13-27-21)26-11-5-6-12-26/h3-4,7-10,13-14,19H,2,5-6,11-12,15-16H2,1H3,(H2,23,24,25). The highest BCUT2D eigenvalue weighted by Crippen LogP contribution is 2.25. The molecule has 1 atom stereocenters. The number of benzene rings is 1. The molecular weight excluding hydrogens is 352 g/mol. The summed E-state index contributed by atoms with van der Waals surface area (Å²) in [6.45, 7) is 6.35. The molecule has 28 heavy (non-hydrogen) atoms. The van der Waals surface area contributed by atoms with E-state index in [4.69, 9.17) is 13.8 Å². The molecule has 4 rings (SSSR count). The summed E-state index contributed by atoms with van der Waals surface area (Å²) in [5, 5.41) is 7.92. The van der Waals surface area contributed by atoms with E-state index in [0.29, 0.717) is 6.54 Å². The van der Waals surface area contributed by atoms with Gasteiger partial charge in [0.25, 0.3) is 0 Å². The van der Waals surface area contributed by atoms with Crippen LogP contribution in [0.25, 0.3) is 11.0 Å². The monoisotopic (exact) mass is 380 g/mol. The number of rotatable bonds is 7. The van der Waals surface area contributed by atoms with Crippen molar-refractivity contribution in [2.75, 3.05) is 26.2 Å². The predicted octanol–water partition coefficient (Wildman–Crippen LogP) is 3.92. The molecule has 3 heterocycles. The van der Waals surface area contributed by atoms with Crippen LogP contribution < -0.4 is 10.6 Å². The van der Waals surface area contributed by atoms with Gasteiger partial charge in [0, 0.05) is 18.5 Å². The molecular formula is C22H28N4O2. The van der Waals surface area contributed by atoms with E-state index < -0.39 is 0 Å². The Morgan fingerprint density at radius 1 is 1.14 bits per heavy atom. The van der Waals surface area contributed by atoms with E-state index in [2.05, 4.69) is 40.7 Å². The third-order valence-electron chi connectivity index (χ3n) is 5.13. The van der Waals surface area contributed by atoms with Crippen LogP contribution in [0.15, 0.2) is 62.6 Å². The smallest absolute Gasteiger partial charge is 0.191 e. The average molecular weight is 380 g/mol. The second kappa shape index (κ2) is 8.97. The molecule has 2 N–H and O–H groups in total. The van der Waals surface area contributed by atoms with E-state index in [1.165, 1.54) is 12.8 Å². The van der Waals surface area contributed by atoms with Gasteiger partial charge in [-0.15, -0.1) is 0 Å². The van der Waals surface area contributed by atoms with Gasteiger partial charge < -0.3 is 19.5 Å². The molecule has 6 heteroatoms. The maximum Gasteiger partial charge on any atom is 0.191 e. The first-order valence-electron chi connectivity index (χ1n) is 10.1. The molecule has 148 valence electrons. The van der Waals surface area contributed by atoms with Gasteiger partial charge in [-0.3, -0.25) is 4.90 Å². The highest BCUT2D eigenvalue weighted by Gasteiger charge is 2.25. The Bertz CT molecular complexity index is 861. The van der Waals surface area contributed by atoms with Gasteiger partial charge in [0.2, 0.25) is 0 Å². The zero-order valence-corrected chi connectivity index (χ0v) is 16.4. The molecule has 1 saturated heterocycles. The van der Waals surface area contributed by atoms with E-state index in [1.807, 2.05) is 24.3 Å². The molecule has 0 bridgehead atoms. The second-order valence-corrected chi connectivity index (χ2v) is 7.10. The zero-order valence-electron chi connectivity index (χ0n) is 16.4. The number of fused-ring (bicyclic) bond motifs is 1. The van der Waals surface area contributed by atoms with Crippen molar-refractivity contribution in [3.63, 3.8) is 0 Å². The summed E-state index contributed by atoms with van der Waals surface area (Å²) in [7, 11) is 0. The molecule has 1 unspecified atom stereocenters. The third kappa shape index (κ3) is 4.39. The number of hydrogen-bond donors (Lipinski definition) is 2. The lowest BCUT2D eigenvalue weighted by atomic mass is 10.2. The summed E-state index contributed by atoms with van der Waals surface area (Å²) >= 11 is 0. The summed E-state index contributed by atoms with van der Waals surface area (Å²) in [5.74, 6) is 2.65. The SMILES string of the molecule is CCNC(=NCc1cc2ccccc2o1)NCC(c1ccco1)N1CCCC1. The third-order valence-corrected chi connectivity index (χ3v) is 5.13. The molecule has 0 aliphatic carbocycles. The highest BCUT2D eigenvalue weighted by atomic mass is 16.3. The summed E-state index contributed by atoms with van der Waals surface area (Å²) in [4.78, 5) is 7.19. The number of guanidine groups is 1. The first-order chi connectivity index (χ1) is 13.8. The number of aliphatic imine (C=N–C) groups is 1. The van der Waals surface area contributed by atoms with E-state index in [1.54, 1.807) is 6.26 Å². The Balaban J connectivity index is 1.43. The van der Waals surface area contributed by atoms with Crippen LogP contribution in [-0.4, -0.2) is 37.0 Å². The minimum absolute atomic E-state index is 0.215. The fourth-order valence-corrected chi connectivity index (χ4v) is 3.75. The van der Waals surface area contributed by atoms with Crippen LogP contribution in [0, 0.1) is 0 Å². The number of nitrogens with zero attached hydrogens (tertiary/aromatic N) is 2. The lowest BCUT2D eigenvalue weighted by molar-refractivity contribution is 0.215. The van der Waals surface area contributed by atoms with E-state index in [9.17, 15) is 0 Å². The van der Waals surface area contributed by atoms with Crippen LogP contribution in [0.1, 0.15) is 37.3 Å². The topological polar surface area (TPSA) is 65.9 Å². The minimum Gasteiger partial charge on any atom is -0.468 e. The van der Waals surface area contributed by atoms with Gasteiger partial charge in [0.05, 0.1) is 12.3 Å². The van der Waals surface area contributed by atoms with E-state index in [0.717, 1.165) is 54.6 Å². The van der Waals surface area contributed by atoms with Crippen molar-refractivity contribution in [3.8, 4) is 0 Å². The van der Waals surface area contributed by atoms with Gasteiger partial charge in [0.1, 0.15) is 23.6 Å². The highest BCUT2D eigenvalue weighted by molar-refractivity contribution is 5.80. The number of para-hydroxylation sites is 1. The van der Waals surface area contributed by atoms with Crippen LogP contribution in [-0.2, 0) is 6.54 Å². The zero-order chi connectivity index (χ0) is 19.2. The number of hydrogen-bond acceptors (Lipinski definition) is 4. The molecule has 1 aliphatic heterocycles. The normalized spacial score (nSPS) is 16.5. The van der Waals surface area contributed by atoms with Crippen molar-refractivity contribution < 1.29 is 8.83 Å². The van der Waals surface area contributed by atoms with Crippen molar-refractivity contribution in [2.24, 2.45) is 4.99 Å². The summed E-state index contributed by atoms with van der Waals surface area (Å²) in [5.41, 5.74) is 0.901. The maximum atomic E-state index is 5.88. The van der Waals surface area contributed by atoms with Crippen molar-refractivity contribution in [3.05, 3.63) is 60.2 Å². The Morgan fingerprint density at radius 3 is 2.75 bits per heavy atom. The van der Waals surface area contributed by atoms with Crippen molar-refractivity contribution >= 4 is 16.9 Å². The maximum absolute atomic E-state index is 5.88. The number of furan rings is 2. The first-order valence-corrected chi connectivity index (χ1v) is 10.1. The second-order valence-electron chi connectivity index (χ2n) is 7.10. The lowest BCUT2D eigenvalue weighted by Crippen LogP contribution is -2.42. The van der Waals surface area contributed by atoms with Crippen molar-refractivity contribution in [2.45, 2.75) is 32.4 Å². The van der Waals surface area contributed by atoms with Gasteiger partial charge in [-0.1, -0.05) is 18.2 Å². The van der Waals surface area contributed by atoms with Crippen LogP contribution in [0.4, 0.5) is 0 Å². The fourth-order valence-electron chi connectivity index (χ4n) is 3.75. The Hall–Kier alpha value is -2.73. The van der Waals surface area contributed by atoms with Crippen LogP contribution in [0.3, 0.4) is 0 Å². The molecule has 2 aromatic heterocycles. The fraction of sp³-hybridized carbons (Fsp3) is 0.409. The molecule has 1 aliphatic rings. The van der Waals surface area contributed by atoms with E-state index >= 15 is 0 Å². The summed E-state index contributed by atoms with van der Waals surface area (Å²) in [6, 6.07) is 14.3. The summed E-state index contributed by atoms with van der Waals surface area (Å²) in [6.07, 6.45) is 4.24. The number of nitrogens with one attached hydrogen (secondary N) is 2. The average Bonchev–Trinajstić information content (AvgIpc) is 3.47. The Labute approximate surface area is 165 Å². The van der Waals surface area contributed by atoms with Gasteiger partial charge >= 0.3 is 0 Å². The molecule has 0 saturated carbocycles. The molecule has 0 radical (unpaired) electrons.